The van der Waals surface area contributed by atoms with E-state index in [0.29, 0.717) is 0 Å². The Morgan fingerprint density at radius 2 is 0.623 bits per heavy atom. The Bertz CT molecular complexity index is 2840. The van der Waals surface area contributed by atoms with Crippen LogP contribution in [-0.2, 0) is 56.0 Å². The third-order valence-electron chi connectivity index (χ3n) is 11.9. The van der Waals surface area contributed by atoms with E-state index < -0.39 is 195 Å². The molecule has 0 radical (unpaired) electrons. The Kier molecular flexibility index (Phi) is 15.9. The first kappa shape index (κ1) is 59.1. The van der Waals surface area contributed by atoms with E-state index in [0.717, 1.165) is 6.54 Å². The lowest BCUT2D eigenvalue weighted by molar-refractivity contribution is -0.688. The third kappa shape index (κ3) is 13.3. The number of hydrogen-bond acceptors (Lipinski definition) is 0. The van der Waals surface area contributed by atoms with E-state index in [2.05, 4.69) is 90.5 Å². The lowest BCUT2D eigenvalue weighted by Gasteiger charge is -2.46. The molecule has 1 heterocycles. The maximum atomic E-state index is 14.2. The van der Waals surface area contributed by atoms with Gasteiger partial charge in [0.25, 0.3) is 0 Å². The molecule has 0 aliphatic rings. The van der Waals surface area contributed by atoms with Crippen molar-refractivity contribution in [1.82, 2.24) is 0 Å². The fourth-order valence-electron chi connectivity index (χ4n) is 8.61. The van der Waals surface area contributed by atoms with Crippen molar-refractivity contribution >= 4 is 44.8 Å². The predicted molar refractivity (Wildman–Crippen MR) is 234 cm³/mol. The van der Waals surface area contributed by atoms with Crippen LogP contribution in [0.4, 0.5) is 105 Å². The number of fused-ring (bicyclic) bond motifs is 1. The minimum atomic E-state index is -6.13. The number of benzene rings is 6. The van der Waals surface area contributed by atoms with Gasteiger partial charge in [-0.3, -0.25) is 0 Å². The van der Waals surface area contributed by atoms with Gasteiger partial charge in [-0.2, -0.15) is 132 Å². The highest BCUT2D eigenvalue weighted by molar-refractivity contribution is 7.20. The molecule has 0 fully saturated rings. The number of hydrogen-bond donors (Lipinski definition) is 0. The number of rotatable bonds is 7. The third-order valence-corrected chi connectivity index (χ3v) is 11.9. The average Bonchev–Trinajstić information content (AvgIpc) is 3.30. The van der Waals surface area contributed by atoms with Crippen molar-refractivity contribution in [2.45, 2.75) is 62.9 Å². The highest BCUT2D eigenvalue weighted by Gasteiger charge is 2.47. The van der Waals surface area contributed by atoms with Gasteiger partial charge >= 0.3 is 49.4 Å². The molecule has 1 aromatic heterocycles. The van der Waals surface area contributed by atoms with E-state index in [1.807, 2.05) is 0 Å². The fourth-order valence-corrected chi connectivity index (χ4v) is 8.61. The molecule has 26 heteroatoms. The molecule has 0 N–H and O–H groups in total. The van der Waals surface area contributed by atoms with Crippen molar-refractivity contribution in [3.8, 4) is 0 Å². The van der Waals surface area contributed by atoms with Crippen LogP contribution >= 0.6 is 0 Å². The van der Waals surface area contributed by atoms with Crippen molar-refractivity contribution in [2.75, 3.05) is 0 Å². The number of alkyl halides is 24. The molecule has 7 aromatic rings. The lowest BCUT2D eigenvalue weighted by Crippen LogP contribution is -2.75. The summed E-state index contributed by atoms with van der Waals surface area (Å²) < 4.78 is 343. The van der Waals surface area contributed by atoms with Gasteiger partial charge in [0, 0.05) is 17.7 Å². The summed E-state index contributed by atoms with van der Waals surface area (Å²) in [6.45, 7) is 2.96. The van der Waals surface area contributed by atoms with E-state index in [4.69, 9.17) is 0 Å². The number of aromatic nitrogens is 1. The molecule has 410 valence electrons. The Hall–Kier alpha value is -7.15. The second kappa shape index (κ2) is 20.7. The van der Waals surface area contributed by atoms with Crippen LogP contribution in [0.1, 0.15) is 62.7 Å². The molecule has 77 heavy (non-hydrogen) atoms. The van der Waals surface area contributed by atoms with E-state index in [1.54, 1.807) is 0 Å². The Labute approximate surface area is 418 Å². The summed E-state index contributed by atoms with van der Waals surface area (Å²) in [5.74, 6) is 0. The van der Waals surface area contributed by atoms with Crippen LogP contribution in [0.5, 0.6) is 0 Å². The van der Waals surface area contributed by atoms with Crippen LogP contribution in [0.25, 0.3) is 16.8 Å². The maximum Gasteiger partial charge on any atom is 0.416 e. The van der Waals surface area contributed by atoms with Crippen molar-refractivity contribution in [2.24, 2.45) is 0 Å². The molecular weight excluding hydrogens is 1090 g/mol. The van der Waals surface area contributed by atoms with Crippen LogP contribution in [0.3, 0.4) is 0 Å². The fraction of sp³-hybridized carbons (Fsp3) is 0.196. The molecule has 0 spiro atoms. The van der Waals surface area contributed by atoms with Gasteiger partial charge in [0.05, 0.1) is 49.9 Å². The number of pyridine rings is 1. The topological polar surface area (TPSA) is 3.88 Å². The van der Waals surface area contributed by atoms with E-state index in [1.165, 1.54) is 22.0 Å². The predicted octanol–water partition coefficient (Wildman–Crippen LogP) is 15.4. The minimum absolute atomic E-state index is 0.691. The second-order valence-electron chi connectivity index (χ2n) is 17.1. The Morgan fingerprint density at radius 3 is 0.896 bits per heavy atom. The van der Waals surface area contributed by atoms with Gasteiger partial charge < -0.3 is 0 Å². The van der Waals surface area contributed by atoms with E-state index in [9.17, 15) is 105 Å². The monoisotopic (exact) mass is 1120 g/mol. The normalized spacial score (nSPS) is 13.5. The summed E-state index contributed by atoms with van der Waals surface area (Å²) >= 11 is 0. The van der Waals surface area contributed by atoms with Gasteiger partial charge in [-0.1, -0.05) is 103 Å². The van der Waals surface area contributed by atoms with Crippen LogP contribution in [0.2, 0.25) is 0 Å². The van der Waals surface area contributed by atoms with Crippen molar-refractivity contribution in [3.05, 3.63) is 201 Å². The average molecular weight is 1120 g/mol. The molecule has 0 unspecified atom stereocenters. The zero-order chi connectivity index (χ0) is 57.7. The SMILES string of the molecule is CC=Cc1c2ccccc2cc[n+]1Cc1ccccc1.FC(F)(F)c1cc([B-](c2cc(C(F)(F)F)cc(C(F)(F)F)c2)(c2cc(C(F)(F)F)cc(C(F)(F)F)c2)c2cc(C(F)(F)F)cc(C(F)(F)F)c2)cc(C(F)(F)F)c1. The van der Waals surface area contributed by atoms with Crippen molar-refractivity contribution in [1.29, 1.82) is 0 Å². The van der Waals surface area contributed by atoms with Gasteiger partial charge in [-0.05, 0) is 42.6 Å². The highest BCUT2D eigenvalue weighted by atomic mass is 19.4. The van der Waals surface area contributed by atoms with Crippen molar-refractivity contribution < 1.29 is 110 Å². The first-order valence-electron chi connectivity index (χ1n) is 21.6. The standard InChI is InChI=1S/C32H12BF24.C19H18N/c34-25(35,36)13-1-14(26(37,38)39)6-21(5-13)33(22-7-15(27(40,41)42)2-16(8-22)28(43,44)45,23-9-17(29(46,47)48)3-18(10-23)30(49,50)51)24-11-19(31(52,53)54)4-20(12-24)32(55,56)57;1-2-8-19-18-12-7-6-11-17(18)13-14-20(19)15-16-9-4-3-5-10-16/h1-12H;2-14H,15H2,1H3/q-1;+1. The van der Waals surface area contributed by atoms with Gasteiger partial charge in [0.15, 0.2) is 12.7 Å². The summed E-state index contributed by atoms with van der Waals surface area (Å²) in [6, 6.07) is 12.5. The van der Waals surface area contributed by atoms with Gasteiger partial charge in [0.2, 0.25) is 5.69 Å². The summed E-state index contributed by atoms with van der Waals surface area (Å²) in [6.07, 6.45) is -48.3. The number of halogens is 24. The van der Waals surface area contributed by atoms with Crippen LogP contribution in [0.15, 0.2) is 146 Å². The Morgan fingerprint density at radius 1 is 0.351 bits per heavy atom. The zero-order valence-electron chi connectivity index (χ0n) is 38.2. The van der Waals surface area contributed by atoms with Crippen LogP contribution in [-0.4, -0.2) is 6.15 Å². The molecule has 1 nitrogen and oxygen atoms in total. The van der Waals surface area contributed by atoms with Crippen LogP contribution < -0.4 is 26.4 Å². The van der Waals surface area contributed by atoms with Gasteiger partial charge in [-0.15, -0.1) is 0 Å². The first-order valence-corrected chi connectivity index (χ1v) is 21.6. The summed E-state index contributed by atoms with van der Waals surface area (Å²) in [7, 11) is 0. The van der Waals surface area contributed by atoms with Crippen molar-refractivity contribution in [3.63, 3.8) is 0 Å². The molecule has 0 atom stereocenters. The highest BCUT2D eigenvalue weighted by Crippen LogP contribution is 2.41. The molecule has 6 aromatic carbocycles. The quantitative estimate of drug-likeness (QED) is 0.0851. The lowest BCUT2D eigenvalue weighted by atomic mass is 9.12. The van der Waals surface area contributed by atoms with Crippen LogP contribution in [0, 0.1) is 0 Å². The second-order valence-corrected chi connectivity index (χ2v) is 17.1. The molecule has 0 amide bonds. The molecular formula is C51H30BF24N. The van der Waals surface area contributed by atoms with E-state index >= 15 is 0 Å². The minimum Gasteiger partial charge on any atom is -0.194 e. The molecule has 7 rings (SSSR count). The maximum absolute atomic E-state index is 14.2. The summed E-state index contributed by atoms with van der Waals surface area (Å²) in [5, 5.41) is 2.58. The molecule has 0 saturated heterocycles. The molecule has 0 aliphatic heterocycles. The smallest absolute Gasteiger partial charge is 0.194 e. The van der Waals surface area contributed by atoms with Gasteiger partial charge in [-0.25, -0.2) is 0 Å². The Balaban J connectivity index is 0.000000397. The van der Waals surface area contributed by atoms with E-state index in [-0.39, 0.29) is 0 Å². The zero-order valence-corrected chi connectivity index (χ0v) is 38.2. The molecule has 0 bridgehead atoms. The number of allylic oxidation sites excluding steroid dienone is 1. The largest absolute Gasteiger partial charge is 0.416 e. The van der Waals surface area contributed by atoms with Gasteiger partial charge in [0.1, 0.15) is 6.15 Å². The first-order chi connectivity index (χ1) is 35.1. The molecule has 0 saturated carbocycles. The summed E-state index contributed by atoms with van der Waals surface area (Å²) in [4.78, 5) is 0. The molecule has 0 aliphatic carbocycles. The summed E-state index contributed by atoms with van der Waals surface area (Å²) in [5.41, 5.74) is -27.6. The number of nitrogens with zero attached hydrogens (tertiary/aromatic N) is 1.